The number of rotatable bonds is 12. The van der Waals surface area contributed by atoms with Crippen molar-refractivity contribution in [3.8, 4) is 17.2 Å². The first-order chi connectivity index (χ1) is 15.7. The number of likely N-dealkylation sites (tertiary alicyclic amines) is 1. The molecule has 3 rings (SSSR count). The number of ether oxygens (including phenoxy) is 3. The monoisotopic (exact) mass is 442 g/mol. The number of aliphatic hydroxyl groups is 1. The summed E-state index contributed by atoms with van der Waals surface area (Å²) in [6.07, 6.45) is 5.83. The van der Waals surface area contributed by atoms with Crippen LogP contribution in [0.1, 0.15) is 37.7 Å². The quantitative estimate of drug-likeness (QED) is 0.487. The van der Waals surface area contributed by atoms with Gasteiger partial charge in [-0.05, 0) is 55.8 Å². The first-order valence-electron chi connectivity index (χ1n) is 11.8. The summed E-state index contributed by atoms with van der Waals surface area (Å²) in [6, 6.07) is 15.7. The highest BCUT2D eigenvalue weighted by Crippen LogP contribution is 2.28. The first kappa shape index (κ1) is 24.4. The smallest absolute Gasteiger partial charge is 0.161 e. The number of β-amino-alcohol motifs (C(OH)–C–C–N with tert-alkyl or cyclic N) is 1. The fourth-order valence-electron chi connectivity index (χ4n) is 3.97. The molecule has 2 aromatic carbocycles. The van der Waals surface area contributed by atoms with E-state index in [2.05, 4.69) is 10.2 Å². The molecular formula is C26H38N2O4. The highest BCUT2D eigenvalue weighted by Gasteiger charge is 2.15. The zero-order chi connectivity index (χ0) is 22.4. The molecule has 1 atom stereocenters. The Morgan fingerprint density at radius 1 is 0.938 bits per heavy atom. The fourth-order valence-corrected chi connectivity index (χ4v) is 3.97. The highest BCUT2D eigenvalue weighted by molar-refractivity contribution is 5.43. The Bertz CT molecular complexity index is 764. The van der Waals surface area contributed by atoms with Crippen LogP contribution in [0.3, 0.4) is 0 Å². The van der Waals surface area contributed by atoms with Crippen LogP contribution in [-0.4, -0.2) is 62.6 Å². The van der Waals surface area contributed by atoms with Crippen LogP contribution in [0.15, 0.2) is 48.5 Å². The second-order valence-electron chi connectivity index (χ2n) is 8.36. The molecule has 1 aliphatic rings. The number of methoxy groups -OCH3 is 1. The van der Waals surface area contributed by atoms with Crippen LogP contribution in [-0.2, 0) is 6.54 Å². The lowest BCUT2D eigenvalue weighted by atomic mass is 10.1. The van der Waals surface area contributed by atoms with E-state index in [1.54, 1.807) is 7.11 Å². The van der Waals surface area contributed by atoms with Crippen LogP contribution in [0.4, 0.5) is 0 Å². The Balaban J connectivity index is 1.42. The fraction of sp³-hybridized carbons (Fsp3) is 0.538. The minimum absolute atomic E-state index is 0.259. The average molecular weight is 443 g/mol. The van der Waals surface area contributed by atoms with Crippen LogP contribution in [0.5, 0.6) is 17.2 Å². The van der Waals surface area contributed by atoms with Gasteiger partial charge in [0.15, 0.2) is 11.5 Å². The van der Waals surface area contributed by atoms with Crippen LogP contribution >= 0.6 is 0 Å². The molecule has 1 heterocycles. The Kier molecular flexibility index (Phi) is 10.7. The molecule has 0 spiro atoms. The maximum Gasteiger partial charge on any atom is 0.161 e. The van der Waals surface area contributed by atoms with Crippen LogP contribution in [0, 0.1) is 0 Å². The molecule has 1 aliphatic heterocycles. The van der Waals surface area contributed by atoms with Gasteiger partial charge in [0.2, 0.25) is 0 Å². The van der Waals surface area contributed by atoms with Crippen molar-refractivity contribution in [2.45, 2.75) is 44.8 Å². The standard InChI is InChI=1S/C26H38N2O4/c1-30-25-13-12-22(19-27-14-17-31-24-10-6-5-7-11-24)18-26(25)32-21-23(29)20-28-15-8-3-2-4-9-16-28/h5-7,10-13,18,23,27,29H,2-4,8-9,14-17,19-21H2,1H3. The van der Waals surface area contributed by atoms with Gasteiger partial charge in [0.25, 0.3) is 0 Å². The molecule has 2 aromatic rings. The minimum atomic E-state index is -0.518. The summed E-state index contributed by atoms with van der Waals surface area (Å²) in [5.74, 6) is 2.22. The number of nitrogens with one attached hydrogen (secondary N) is 1. The third kappa shape index (κ3) is 8.69. The van der Waals surface area contributed by atoms with Crippen molar-refractivity contribution in [1.29, 1.82) is 0 Å². The van der Waals surface area contributed by atoms with E-state index in [1.807, 2.05) is 48.5 Å². The Morgan fingerprint density at radius 2 is 1.69 bits per heavy atom. The van der Waals surface area contributed by atoms with Gasteiger partial charge < -0.3 is 29.5 Å². The van der Waals surface area contributed by atoms with E-state index in [9.17, 15) is 5.11 Å². The summed E-state index contributed by atoms with van der Waals surface area (Å²) in [5, 5.41) is 13.9. The molecular weight excluding hydrogens is 404 g/mol. The number of para-hydroxylation sites is 1. The van der Waals surface area contributed by atoms with Crippen LogP contribution in [0.25, 0.3) is 0 Å². The molecule has 1 unspecified atom stereocenters. The number of hydrogen-bond acceptors (Lipinski definition) is 6. The normalized spacial score (nSPS) is 16.1. The van der Waals surface area contributed by atoms with Crippen molar-refractivity contribution in [2.75, 3.05) is 46.5 Å². The number of hydrogen-bond donors (Lipinski definition) is 2. The second-order valence-corrected chi connectivity index (χ2v) is 8.36. The van der Waals surface area contributed by atoms with E-state index in [-0.39, 0.29) is 6.61 Å². The van der Waals surface area contributed by atoms with E-state index in [0.717, 1.165) is 30.9 Å². The van der Waals surface area contributed by atoms with Gasteiger partial charge in [-0.2, -0.15) is 0 Å². The van der Waals surface area contributed by atoms with Gasteiger partial charge >= 0.3 is 0 Å². The predicted molar refractivity (Wildman–Crippen MR) is 128 cm³/mol. The summed E-state index contributed by atoms with van der Waals surface area (Å²) < 4.78 is 17.1. The van der Waals surface area contributed by atoms with Crippen molar-refractivity contribution in [3.63, 3.8) is 0 Å². The summed E-state index contributed by atoms with van der Waals surface area (Å²) >= 11 is 0. The van der Waals surface area contributed by atoms with Crippen LogP contribution in [0.2, 0.25) is 0 Å². The molecule has 0 aromatic heterocycles. The Labute approximate surface area is 192 Å². The topological polar surface area (TPSA) is 63.2 Å². The third-order valence-electron chi connectivity index (χ3n) is 5.70. The Morgan fingerprint density at radius 3 is 2.44 bits per heavy atom. The van der Waals surface area contributed by atoms with Crippen molar-refractivity contribution in [2.24, 2.45) is 0 Å². The molecule has 0 amide bonds. The van der Waals surface area contributed by atoms with Crippen LogP contribution < -0.4 is 19.5 Å². The van der Waals surface area contributed by atoms with Gasteiger partial charge in [0.05, 0.1) is 7.11 Å². The van der Waals surface area contributed by atoms with E-state index in [0.29, 0.717) is 31.2 Å². The maximum absolute atomic E-state index is 10.5. The molecule has 2 N–H and O–H groups in total. The van der Waals surface area contributed by atoms with Crippen molar-refractivity contribution in [3.05, 3.63) is 54.1 Å². The molecule has 0 radical (unpaired) electrons. The lowest BCUT2D eigenvalue weighted by Gasteiger charge is -2.26. The first-order valence-corrected chi connectivity index (χ1v) is 11.8. The summed E-state index contributed by atoms with van der Waals surface area (Å²) in [5.41, 5.74) is 1.10. The van der Waals surface area contributed by atoms with Crippen molar-refractivity contribution < 1.29 is 19.3 Å². The van der Waals surface area contributed by atoms with Gasteiger partial charge in [-0.15, -0.1) is 0 Å². The number of benzene rings is 2. The average Bonchev–Trinajstić information content (AvgIpc) is 2.80. The zero-order valence-corrected chi connectivity index (χ0v) is 19.3. The molecule has 0 saturated carbocycles. The lowest BCUT2D eigenvalue weighted by Crippen LogP contribution is -2.37. The number of aliphatic hydroxyl groups excluding tert-OH is 1. The summed E-state index contributed by atoms with van der Waals surface area (Å²) in [7, 11) is 1.64. The largest absolute Gasteiger partial charge is 0.493 e. The minimum Gasteiger partial charge on any atom is -0.493 e. The van der Waals surface area contributed by atoms with Gasteiger partial charge in [-0.3, -0.25) is 0 Å². The van der Waals surface area contributed by atoms with E-state index >= 15 is 0 Å². The molecule has 6 heteroatoms. The Hall–Kier alpha value is -2.28. The SMILES string of the molecule is COc1ccc(CNCCOc2ccccc2)cc1OCC(O)CN1CCCCCCC1. The zero-order valence-electron chi connectivity index (χ0n) is 19.3. The summed E-state index contributed by atoms with van der Waals surface area (Å²) in [6.45, 7) is 5.09. The highest BCUT2D eigenvalue weighted by atomic mass is 16.5. The van der Waals surface area contributed by atoms with E-state index in [4.69, 9.17) is 14.2 Å². The van der Waals surface area contributed by atoms with Gasteiger partial charge in [0.1, 0.15) is 25.1 Å². The van der Waals surface area contributed by atoms with Gasteiger partial charge in [-0.1, -0.05) is 43.5 Å². The second kappa shape index (κ2) is 14.0. The molecule has 1 fully saturated rings. The molecule has 6 nitrogen and oxygen atoms in total. The van der Waals surface area contributed by atoms with E-state index in [1.165, 1.54) is 32.1 Å². The summed E-state index contributed by atoms with van der Waals surface area (Å²) in [4.78, 5) is 2.36. The molecule has 176 valence electrons. The molecule has 32 heavy (non-hydrogen) atoms. The third-order valence-corrected chi connectivity index (χ3v) is 5.70. The van der Waals surface area contributed by atoms with Crippen molar-refractivity contribution >= 4 is 0 Å². The van der Waals surface area contributed by atoms with Gasteiger partial charge in [-0.25, -0.2) is 0 Å². The number of nitrogens with zero attached hydrogens (tertiary/aromatic N) is 1. The lowest BCUT2D eigenvalue weighted by molar-refractivity contribution is 0.0644. The molecule has 0 bridgehead atoms. The maximum atomic E-state index is 10.5. The van der Waals surface area contributed by atoms with Crippen molar-refractivity contribution in [1.82, 2.24) is 10.2 Å². The molecule has 1 saturated heterocycles. The van der Waals surface area contributed by atoms with E-state index < -0.39 is 6.10 Å². The molecule has 0 aliphatic carbocycles. The van der Waals surface area contributed by atoms with Gasteiger partial charge in [0, 0.05) is 19.6 Å². The predicted octanol–water partition coefficient (Wildman–Crippen LogP) is 3.87.